The first-order valence-electron chi connectivity index (χ1n) is 8.25. The first-order chi connectivity index (χ1) is 8.77. The van der Waals surface area contributed by atoms with Crippen LogP contribution < -0.4 is 5.73 Å². The number of hydrogen-bond donors (Lipinski definition) is 1. The van der Waals surface area contributed by atoms with Crippen molar-refractivity contribution in [1.82, 2.24) is 4.90 Å². The highest BCUT2D eigenvalue weighted by Gasteiger charge is 2.37. The summed E-state index contributed by atoms with van der Waals surface area (Å²) < 4.78 is 0. The van der Waals surface area contributed by atoms with Gasteiger partial charge < -0.3 is 10.6 Å². The van der Waals surface area contributed by atoms with Crippen LogP contribution >= 0.6 is 0 Å². The molecule has 0 aromatic rings. The van der Waals surface area contributed by atoms with Crippen LogP contribution in [0.2, 0.25) is 0 Å². The second kappa shape index (κ2) is 5.50. The highest BCUT2D eigenvalue weighted by Crippen LogP contribution is 2.46. The summed E-state index contributed by atoms with van der Waals surface area (Å²) in [6, 6.07) is 0.487. The second-order valence-corrected chi connectivity index (χ2v) is 7.22. The Labute approximate surface area is 112 Å². The lowest BCUT2D eigenvalue weighted by atomic mass is 9.76. The maximum Gasteiger partial charge on any atom is 0.00793 e. The van der Waals surface area contributed by atoms with E-state index in [1.54, 1.807) is 0 Å². The normalized spacial score (nSPS) is 37.2. The fourth-order valence-corrected chi connectivity index (χ4v) is 4.63. The lowest BCUT2D eigenvalue weighted by molar-refractivity contribution is 0.0854. The molecule has 0 aromatic heterocycles. The van der Waals surface area contributed by atoms with Gasteiger partial charge in [0.1, 0.15) is 0 Å². The van der Waals surface area contributed by atoms with Gasteiger partial charge in [0.15, 0.2) is 0 Å². The van der Waals surface area contributed by atoms with Gasteiger partial charge in [-0.25, -0.2) is 0 Å². The topological polar surface area (TPSA) is 29.3 Å². The van der Waals surface area contributed by atoms with E-state index in [-0.39, 0.29) is 0 Å². The van der Waals surface area contributed by atoms with E-state index in [2.05, 4.69) is 4.90 Å². The van der Waals surface area contributed by atoms with Gasteiger partial charge in [0.05, 0.1) is 0 Å². The van der Waals surface area contributed by atoms with Gasteiger partial charge in [-0.1, -0.05) is 25.7 Å². The molecule has 3 fully saturated rings. The predicted molar refractivity (Wildman–Crippen MR) is 76.5 cm³/mol. The molecule has 1 heterocycles. The Morgan fingerprint density at radius 3 is 2.22 bits per heavy atom. The summed E-state index contributed by atoms with van der Waals surface area (Å²) in [5.74, 6) is 0.788. The van der Waals surface area contributed by atoms with Crippen molar-refractivity contribution in [3.63, 3.8) is 0 Å². The van der Waals surface area contributed by atoms with Crippen molar-refractivity contribution < 1.29 is 0 Å². The number of nitrogens with two attached hydrogens (primary N) is 1. The fraction of sp³-hybridized carbons (Fsp3) is 1.00. The van der Waals surface area contributed by atoms with Crippen LogP contribution in [0.25, 0.3) is 0 Å². The molecule has 1 saturated heterocycles. The Balaban J connectivity index is 1.47. The molecule has 2 atom stereocenters. The zero-order valence-corrected chi connectivity index (χ0v) is 11.9. The molecule has 3 aliphatic rings. The molecular weight excluding hydrogens is 220 g/mol. The van der Waals surface area contributed by atoms with Crippen molar-refractivity contribution >= 4 is 0 Å². The van der Waals surface area contributed by atoms with Crippen molar-refractivity contribution in [2.45, 2.75) is 70.3 Å². The van der Waals surface area contributed by atoms with Crippen LogP contribution in [0.4, 0.5) is 0 Å². The summed E-state index contributed by atoms with van der Waals surface area (Å²) in [5, 5.41) is 0. The van der Waals surface area contributed by atoms with E-state index >= 15 is 0 Å². The molecular formula is C16H30N2. The molecule has 104 valence electrons. The standard InChI is InChI=1S/C16H30N2/c17-15-6-2-1-5-14(15)13-18-11-9-16(10-12-18)7-3-4-8-16/h14-15H,1-13,17H2. The minimum atomic E-state index is 0.487. The molecule has 2 heteroatoms. The van der Waals surface area contributed by atoms with Crippen molar-refractivity contribution in [3.8, 4) is 0 Å². The van der Waals surface area contributed by atoms with Gasteiger partial charge in [0.2, 0.25) is 0 Å². The number of piperidine rings is 1. The molecule has 0 amide bonds. The van der Waals surface area contributed by atoms with Crippen molar-refractivity contribution in [2.24, 2.45) is 17.1 Å². The SMILES string of the molecule is NC1CCCCC1CN1CCC2(CCCC2)CC1. The molecule has 18 heavy (non-hydrogen) atoms. The first-order valence-corrected chi connectivity index (χ1v) is 8.25. The number of likely N-dealkylation sites (tertiary alicyclic amines) is 1. The number of nitrogens with zero attached hydrogens (tertiary/aromatic N) is 1. The molecule has 3 rings (SSSR count). The van der Waals surface area contributed by atoms with E-state index < -0.39 is 0 Å². The maximum absolute atomic E-state index is 6.29. The number of hydrogen-bond acceptors (Lipinski definition) is 2. The van der Waals surface area contributed by atoms with Crippen LogP contribution in [0.15, 0.2) is 0 Å². The largest absolute Gasteiger partial charge is 0.327 e. The molecule has 0 aromatic carbocycles. The van der Waals surface area contributed by atoms with Crippen LogP contribution in [0, 0.1) is 11.3 Å². The maximum atomic E-state index is 6.29. The van der Waals surface area contributed by atoms with Crippen LogP contribution in [0.3, 0.4) is 0 Å². The third-order valence-corrected chi connectivity index (χ3v) is 6.04. The van der Waals surface area contributed by atoms with E-state index in [4.69, 9.17) is 5.73 Å². The molecule has 2 unspecified atom stereocenters. The van der Waals surface area contributed by atoms with E-state index in [1.807, 2.05) is 0 Å². The van der Waals surface area contributed by atoms with Gasteiger partial charge in [-0.2, -0.15) is 0 Å². The lowest BCUT2D eigenvalue weighted by Crippen LogP contribution is -2.45. The van der Waals surface area contributed by atoms with Crippen molar-refractivity contribution in [2.75, 3.05) is 19.6 Å². The van der Waals surface area contributed by atoms with Crippen LogP contribution in [-0.4, -0.2) is 30.6 Å². The van der Waals surface area contributed by atoms with Gasteiger partial charge in [-0.3, -0.25) is 0 Å². The quantitative estimate of drug-likeness (QED) is 0.815. The van der Waals surface area contributed by atoms with E-state index in [1.165, 1.54) is 83.8 Å². The van der Waals surface area contributed by atoms with Crippen LogP contribution in [0.5, 0.6) is 0 Å². The predicted octanol–water partition coefficient (Wildman–Crippen LogP) is 3.16. The molecule has 0 bridgehead atoms. The third kappa shape index (κ3) is 2.75. The molecule has 2 N–H and O–H groups in total. The molecule has 2 saturated carbocycles. The summed E-state index contributed by atoms with van der Waals surface area (Å²) in [4.78, 5) is 2.72. The van der Waals surface area contributed by atoms with Crippen LogP contribution in [0.1, 0.15) is 64.2 Å². The number of rotatable bonds is 2. The first kappa shape index (κ1) is 12.9. The minimum Gasteiger partial charge on any atom is -0.327 e. The van der Waals surface area contributed by atoms with Gasteiger partial charge in [-0.05, 0) is 62.9 Å². The summed E-state index contributed by atoms with van der Waals surface area (Å²) in [5.41, 5.74) is 7.05. The zero-order chi connectivity index (χ0) is 12.4. The minimum absolute atomic E-state index is 0.487. The monoisotopic (exact) mass is 250 g/mol. The van der Waals surface area contributed by atoms with E-state index in [0.29, 0.717) is 6.04 Å². The van der Waals surface area contributed by atoms with Crippen molar-refractivity contribution in [3.05, 3.63) is 0 Å². The Kier molecular flexibility index (Phi) is 3.95. The van der Waals surface area contributed by atoms with Gasteiger partial charge in [0, 0.05) is 12.6 Å². The Bertz CT molecular complexity index is 260. The van der Waals surface area contributed by atoms with Gasteiger partial charge >= 0.3 is 0 Å². The Morgan fingerprint density at radius 1 is 0.889 bits per heavy atom. The Hall–Kier alpha value is -0.0800. The molecule has 2 aliphatic carbocycles. The van der Waals surface area contributed by atoms with Crippen LogP contribution in [-0.2, 0) is 0 Å². The average molecular weight is 250 g/mol. The van der Waals surface area contributed by atoms with E-state index in [0.717, 1.165) is 11.3 Å². The smallest absolute Gasteiger partial charge is 0.00793 e. The summed E-state index contributed by atoms with van der Waals surface area (Å²) in [7, 11) is 0. The molecule has 1 spiro atoms. The highest BCUT2D eigenvalue weighted by atomic mass is 15.1. The van der Waals surface area contributed by atoms with E-state index in [9.17, 15) is 0 Å². The Morgan fingerprint density at radius 2 is 1.56 bits per heavy atom. The van der Waals surface area contributed by atoms with Gasteiger partial charge in [0.25, 0.3) is 0 Å². The van der Waals surface area contributed by atoms with Crippen molar-refractivity contribution in [1.29, 1.82) is 0 Å². The molecule has 1 aliphatic heterocycles. The third-order valence-electron chi connectivity index (χ3n) is 6.04. The summed E-state index contributed by atoms with van der Waals surface area (Å²) >= 11 is 0. The van der Waals surface area contributed by atoms with Gasteiger partial charge in [-0.15, -0.1) is 0 Å². The summed E-state index contributed by atoms with van der Waals surface area (Å²) in [6.45, 7) is 3.99. The highest BCUT2D eigenvalue weighted by molar-refractivity contribution is 4.91. The lowest BCUT2D eigenvalue weighted by Gasteiger charge is -2.42. The molecule has 2 nitrogen and oxygen atoms in total. The average Bonchev–Trinajstić information content (AvgIpc) is 2.84. The fourth-order valence-electron chi connectivity index (χ4n) is 4.63. The molecule has 0 radical (unpaired) electrons. The second-order valence-electron chi connectivity index (χ2n) is 7.22. The summed E-state index contributed by atoms with van der Waals surface area (Å²) in [6.07, 6.45) is 14.4. The zero-order valence-electron chi connectivity index (χ0n) is 11.9.